The van der Waals surface area contributed by atoms with Crippen molar-refractivity contribution >= 4 is 14.2 Å². The Balaban J connectivity index is 2.27. The molecule has 5 heteroatoms. The van der Waals surface area contributed by atoms with Crippen LogP contribution in [0.1, 0.15) is 53.1 Å². The van der Waals surface area contributed by atoms with Crippen molar-refractivity contribution in [1.29, 1.82) is 0 Å². The summed E-state index contributed by atoms with van der Waals surface area (Å²) in [5, 5.41) is 2.90. The Hall–Kier alpha value is -1.20. The summed E-state index contributed by atoms with van der Waals surface area (Å²) < 4.78 is 19.7. The van der Waals surface area contributed by atoms with Crippen molar-refractivity contribution in [3.05, 3.63) is 35.6 Å². The van der Waals surface area contributed by atoms with Crippen molar-refractivity contribution in [2.75, 3.05) is 0 Å². The lowest BCUT2D eigenvalue weighted by molar-refractivity contribution is -0.141. The van der Waals surface area contributed by atoms with Gasteiger partial charge in [0.15, 0.2) is 0 Å². The lowest BCUT2D eigenvalue weighted by Gasteiger charge is -2.48. The van der Waals surface area contributed by atoms with Crippen LogP contribution in [0.5, 0.6) is 0 Å². The Bertz CT molecular complexity index is 535. The van der Waals surface area contributed by atoms with Crippen LogP contribution in [0.3, 0.4) is 0 Å². The van der Waals surface area contributed by atoms with E-state index in [0.717, 1.165) is 5.56 Å². The van der Waals surface area contributed by atoms with E-state index in [1.54, 1.807) is 12.1 Å². The van der Waals surface area contributed by atoms with Gasteiger partial charge in [-0.1, -0.05) is 53.7 Å². The number of β-lactam (4-membered cyclic amide) rings is 1. The van der Waals surface area contributed by atoms with Crippen LogP contribution in [-0.2, 0) is 9.22 Å². The molecule has 0 aromatic heterocycles. The molecule has 128 valence electrons. The molecule has 1 N–H and O–H groups in total. The number of rotatable bonds is 6. The number of benzene rings is 1. The van der Waals surface area contributed by atoms with Crippen LogP contribution in [0, 0.1) is 5.82 Å². The van der Waals surface area contributed by atoms with E-state index in [4.69, 9.17) is 4.43 Å². The molecule has 2 unspecified atom stereocenters. The fourth-order valence-electron chi connectivity index (χ4n) is 4.04. The highest BCUT2D eigenvalue weighted by atomic mass is 28.4. The first-order valence-corrected chi connectivity index (χ1v) is 10.6. The number of halogens is 1. The van der Waals surface area contributed by atoms with E-state index in [0.29, 0.717) is 16.6 Å². The molecule has 3 nitrogen and oxygen atoms in total. The number of hydrogen-bond acceptors (Lipinski definition) is 2. The predicted octanol–water partition coefficient (Wildman–Crippen LogP) is 4.56. The third-order valence-electron chi connectivity index (χ3n) is 5.13. The third-order valence-corrected chi connectivity index (χ3v) is 11.2. The zero-order valence-corrected chi connectivity index (χ0v) is 15.9. The van der Waals surface area contributed by atoms with Crippen molar-refractivity contribution in [3.8, 4) is 0 Å². The lowest BCUT2D eigenvalue weighted by Crippen LogP contribution is -2.63. The molecule has 1 aliphatic rings. The van der Waals surface area contributed by atoms with E-state index in [1.165, 1.54) is 12.1 Å². The summed E-state index contributed by atoms with van der Waals surface area (Å²) in [7, 11) is -2.12. The zero-order valence-electron chi connectivity index (χ0n) is 14.9. The maximum absolute atomic E-state index is 13.1. The minimum Gasteiger partial charge on any atom is -0.402 e. The fraction of sp³-hybridized carbons (Fsp3) is 0.611. The second-order valence-corrected chi connectivity index (χ2v) is 12.8. The molecule has 23 heavy (non-hydrogen) atoms. The number of amides is 1. The molecule has 1 amide bonds. The van der Waals surface area contributed by atoms with E-state index in [2.05, 4.69) is 46.9 Å². The van der Waals surface area contributed by atoms with Gasteiger partial charge in [0.2, 0.25) is 8.32 Å². The van der Waals surface area contributed by atoms with Crippen molar-refractivity contribution < 1.29 is 13.6 Å². The van der Waals surface area contributed by atoms with Crippen LogP contribution < -0.4 is 5.32 Å². The summed E-state index contributed by atoms with van der Waals surface area (Å²) in [4.78, 5) is 12.1. The Morgan fingerprint density at radius 1 is 1.00 bits per heavy atom. The summed E-state index contributed by atoms with van der Waals surface area (Å²) in [6.45, 7) is 13.2. The van der Waals surface area contributed by atoms with Gasteiger partial charge < -0.3 is 9.74 Å². The minimum atomic E-state index is -2.12. The SMILES string of the molecule is CC(C)[Si](OC1C(=O)NC1c1ccc(F)cc1)(C(C)C)C(C)C. The first-order chi connectivity index (χ1) is 10.7. The molecule has 0 spiro atoms. The highest BCUT2D eigenvalue weighted by Crippen LogP contribution is 2.45. The third kappa shape index (κ3) is 3.22. The summed E-state index contributed by atoms with van der Waals surface area (Å²) in [5.74, 6) is -0.328. The topological polar surface area (TPSA) is 38.3 Å². The molecule has 1 aromatic carbocycles. The van der Waals surface area contributed by atoms with Gasteiger partial charge in [-0.05, 0) is 34.3 Å². The van der Waals surface area contributed by atoms with Crippen LogP contribution in [0.4, 0.5) is 4.39 Å². The van der Waals surface area contributed by atoms with E-state index >= 15 is 0 Å². The highest BCUT2D eigenvalue weighted by Gasteiger charge is 2.52. The maximum atomic E-state index is 13.1. The molecule has 1 aromatic rings. The molecule has 0 aliphatic carbocycles. The Labute approximate surface area is 139 Å². The van der Waals surface area contributed by atoms with Crippen molar-refractivity contribution in [1.82, 2.24) is 5.32 Å². The number of hydrogen-bond donors (Lipinski definition) is 1. The van der Waals surface area contributed by atoms with Gasteiger partial charge in [0.1, 0.15) is 11.9 Å². The number of nitrogens with one attached hydrogen (secondary N) is 1. The molecular weight excluding hydrogens is 309 g/mol. The maximum Gasteiger partial charge on any atom is 0.251 e. The van der Waals surface area contributed by atoms with E-state index < -0.39 is 14.4 Å². The molecule has 0 saturated carbocycles. The van der Waals surface area contributed by atoms with Crippen LogP contribution in [0.2, 0.25) is 16.6 Å². The van der Waals surface area contributed by atoms with Gasteiger partial charge in [0.05, 0.1) is 6.04 Å². The normalized spacial score (nSPS) is 21.7. The Kier molecular flexibility index (Phi) is 5.31. The first-order valence-electron chi connectivity index (χ1n) is 8.43. The number of carbonyl (C=O) groups excluding carboxylic acids is 1. The van der Waals surface area contributed by atoms with Crippen LogP contribution in [0.25, 0.3) is 0 Å². The van der Waals surface area contributed by atoms with Gasteiger partial charge in [-0.3, -0.25) is 4.79 Å². The number of carbonyl (C=O) groups is 1. The van der Waals surface area contributed by atoms with Gasteiger partial charge in [0, 0.05) is 0 Å². The second-order valence-electron chi connectivity index (χ2n) is 7.39. The van der Waals surface area contributed by atoms with Crippen molar-refractivity contribution in [2.24, 2.45) is 0 Å². The smallest absolute Gasteiger partial charge is 0.251 e. The molecule has 1 heterocycles. The van der Waals surface area contributed by atoms with Gasteiger partial charge in [0.25, 0.3) is 5.91 Å². The van der Waals surface area contributed by atoms with E-state index in [1.807, 2.05) is 0 Å². The van der Waals surface area contributed by atoms with Crippen molar-refractivity contribution in [2.45, 2.75) is 70.3 Å². The molecule has 1 aliphatic heterocycles. The van der Waals surface area contributed by atoms with Gasteiger partial charge in [-0.15, -0.1) is 0 Å². The summed E-state index contributed by atoms with van der Waals surface area (Å²) in [5.41, 5.74) is 2.16. The average Bonchev–Trinajstić information content (AvgIpc) is 2.45. The van der Waals surface area contributed by atoms with Crippen LogP contribution >= 0.6 is 0 Å². The molecule has 1 fully saturated rings. The molecule has 2 atom stereocenters. The molecule has 2 rings (SSSR count). The Morgan fingerprint density at radius 3 is 1.87 bits per heavy atom. The minimum absolute atomic E-state index is 0.0573. The standard InChI is InChI=1S/C18H28FNO2Si/c1-11(2)23(12(3)4,13(5)6)22-17-16(20-18(17)21)14-7-9-15(19)10-8-14/h7-13,16-17H,1-6H3,(H,20,21). The largest absolute Gasteiger partial charge is 0.402 e. The lowest BCUT2D eigenvalue weighted by atomic mass is 9.94. The van der Waals surface area contributed by atoms with E-state index in [-0.39, 0.29) is 17.8 Å². The Morgan fingerprint density at radius 2 is 1.48 bits per heavy atom. The summed E-state index contributed by atoms with van der Waals surface area (Å²) >= 11 is 0. The van der Waals surface area contributed by atoms with Gasteiger partial charge >= 0.3 is 0 Å². The molecule has 1 saturated heterocycles. The van der Waals surface area contributed by atoms with Crippen molar-refractivity contribution in [3.63, 3.8) is 0 Å². The predicted molar refractivity (Wildman–Crippen MR) is 93.2 cm³/mol. The highest BCUT2D eigenvalue weighted by molar-refractivity contribution is 6.77. The second kappa shape index (κ2) is 6.73. The van der Waals surface area contributed by atoms with Gasteiger partial charge in [-0.25, -0.2) is 4.39 Å². The molecule has 0 radical (unpaired) electrons. The molecule has 0 bridgehead atoms. The molecular formula is C18H28FNO2Si. The zero-order chi connectivity index (χ0) is 17.4. The average molecular weight is 338 g/mol. The first kappa shape index (κ1) is 18.1. The van der Waals surface area contributed by atoms with Crippen LogP contribution in [-0.4, -0.2) is 20.3 Å². The fourth-order valence-corrected chi connectivity index (χ4v) is 9.54. The van der Waals surface area contributed by atoms with E-state index in [9.17, 15) is 9.18 Å². The van der Waals surface area contributed by atoms with Gasteiger partial charge in [-0.2, -0.15) is 0 Å². The van der Waals surface area contributed by atoms with Crippen LogP contribution in [0.15, 0.2) is 24.3 Å². The monoisotopic (exact) mass is 337 g/mol. The quantitative estimate of drug-likeness (QED) is 0.610. The summed E-state index contributed by atoms with van der Waals surface area (Å²) in [6, 6.07) is 6.12. The summed E-state index contributed by atoms with van der Waals surface area (Å²) in [6.07, 6.45) is -0.459.